The van der Waals surface area contributed by atoms with Gasteiger partial charge < -0.3 is 14.7 Å². The fraction of sp³-hybridized carbons (Fsp3) is 0.562. The number of amides is 1. The molecule has 0 aliphatic carbocycles. The van der Waals surface area contributed by atoms with Gasteiger partial charge in [-0.1, -0.05) is 30.3 Å². The largest absolute Gasteiger partial charge is 0.445 e. The van der Waals surface area contributed by atoms with Gasteiger partial charge in [-0.25, -0.2) is 4.79 Å². The van der Waals surface area contributed by atoms with Crippen molar-refractivity contribution in [2.45, 2.75) is 25.5 Å². The number of hydrogen-bond donors (Lipinski definition) is 1. The number of hydrogen-bond acceptors (Lipinski definition) is 4. The third-order valence-electron chi connectivity index (χ3n) is 3.89. The van der Waals surface area contributed by atoms with Gasteiger partial charge in [0.2, 0.25) is 0 Å². The Hall–Kier alpha value is -1.59. The molecule has 21 heavy (non-hydrogen) atoms. The Balaban J connectivity index is 1.77. The number of nitrogens with zero attached hydrogens (tertiary/aromatic N) is 2. The smallest absolute Gasteiger partial charge is 0.409 e. The molecular weight excluding hydrogens is 268 g/mol. The molecule has 1 aromatic carbocycles. The molecular formula is C16H24N2O3. The van der Waals surface area contributed by atoms with Crippen molar-refractivity contribution in [2.24, 2.45) is 0 Å². The number of likely N-dealkylation sites (N-methyl/N-ethyl adjacent to an activating group) is 1. The first-order valence-corrected chi connectivity index (χ1v) is 7.47. The normalized spacial score (nSPS) is 18.7. The number of aliphatic hydroxyl groups is 1. The van der Waals surface area contributed by atoms with Crippen LogP contribution < -0.4 is 0 Å². The van der Waals surface area contributed by atoms with E-state index in [0.29, 0.717) is 25.7 Å². The molecule has 1 amide bonds. The van der Waals surface area contributed by atoms with Crippen LogP contribution in [0, 0.1) is 0 Å². The first-order valence-electron chi connectivity index (χ1n) is 7.47. The van der Waals surface area contributed by atoms with Crippen LogP contribution in [-0.2, 0) is 11.3 Å². The third kappa shape index (κ3) is 4.72. The summed E-state index contributed by atoms with van der Waals surface area (Å²) >= 11 is 0. The Morgan fingerprint density at radius 3 is 2.90 bits per heavy atom. The Morgan fingerprint density at radius 1 is 1.43 bits per heavy atom. The number of benzene rings is 1. The molecule has 0 aromatic heterocycles. The maximum Gasteiger partial charge on any atom is 0.409 e. The Bertz CT molecular complexity index is 438. The highest BCUT2D eigenvalue weighted by atomic mass is 16.6. The minimum atomic E-state index is -0.297. The maximum absolute atomic E-state index is 12.0. The van der Waals surface area contributed by atoms with Crippen LogP contribution in [0.15, 0.2) is 30.3 Å². The van der Waals surface area contributed by atoms with Gasteiger partial charge in [-0.15, -0.1) is 0 Å². The number of aliphatic hydroxyl groups excluding tert-OH is 1. The van der Waals surface area contributed by atoms with Crippen molar-refractivity contribution in [2.75, 3.05) is 33.3 Å². The average molecular weight is 292 g/mol. The molecule has 0 radical (unpaired) electrons. The lowest BCUT2D eigenvalue weighted by atomic mass is 10.2. The van der Waals surface area contributed by atoms with Crippen molar-refractivity contribution in [3.8, 4) is 0 Å². The third-order valence-corrected chi connectivity index (χ3v) is 3.89. The zero-order chi connectivity index (χ0) is 15.1. The van der Waals surface area contributed by atoms with E-state index in [4.69, 9.17) is 9.84 Å². The molecule has 1 atom stereocenters. The highest BCUT2D eigenvalue weighted by Crippen LogP contribution is 2.17. The van der Waals surface area contributed by atoms with Crippen LogP contribution >= 0.6 is 0 Å². The minimum Gasteiger partial charge on any atom is -0.445 e. The van der Waals surface area contributed by atoms with Crippen molar-refractivity contribution in [3.63, 3.8) is 0 Å². The molecule has 1 saturated heterocycles. The van der Waals surface area contributed by atoms with Crippen LogP contribution in [0.2, 0.25) is 0 Å². The van der Waals surface area contributed by atoms with Gasteiger partial charge in [-0.05, 0) is 24.9 Å². The van der Waals surface area contributed by atoms with Crippen molar-refractivity contribution < 1.29 is 14.6 Å². The summed E-state index contributed by atoms with van der Waals surface area (Å²) in [6.07, 6.45) is 1.89. The van der Waals surface area contributed by atoms with Crippen LogP contribution in [0.4, 0.5) is 4.79 Å². The van der Waals surface area contributed by atoms with E-state index in [1.54, 1.807) is 11.9 Å². The fourth-order valence-corrected chi connectivity index (χ4v) is 2.74. The summed E-state index contributed by atoms with van der Waals surface area (Å²) in [6, 6.07) is 10.00. The van der Waals surface area contributed by atoms with Crippen molar-refractivity contribution >= 4 is 6.09 Å². The number of rotatable bonds is 6. The summed E-state index contributed by atoms with van der Waals surface area (Å²) in [5.41, 5.74) is 0.988. The Labute approximate surface area is 126 Å². The summed E-state index contributed by atoms with van der Waals surface area (Å²) < 4.78 is 5.31. The Kier molecular flexibility index (Phi) is 6.02. The molecule has 1 aliphatic rings. The molecule has 116 valence electrons. The molecule has 0 spiro atoms. The van der Waals surface area contributed by atoms with E-state index < -0.39 is 0 Å². The number of likely N-dealkylation sites (tertiary alicyclic amines) is 1. The van der Waals surface area contributed by atoms with E-state index in [1.165, 1.54) is 0 Å². The first kappa shape index (κ1) is 15.8. The number of carbonyl (C=O) groups excluding carboxylic acids is 1. The van der Waals surface area contributed by atoms with Gasteiger partial charge in [0.05, 0.1) is 6.61 Å². The average Bonchev–Trinajstić information content (AvgIpc) is 2.93. The zero-order valence-electron chi connectivity index (χ0n) is 12.6. The molecule has 0 saturated carbocycles. The maximum atomic E-state index is 12.0. The van der Waals surface area contributed by atoms with Gasteiger partial charge >= 0.3 is 6.09 Å². The van der Waals surface area contributed by atoms with E-state index in [1.807, 2.05) is 30.3 Å². The predicted molar refractivity (Wildman–Crippen MR) is 80.9 cm³/mol. The molecule has 1 aliphatic heterocycles. The van der Waals surface area contributed by atoms with Gasteiger partial charge in [0, 0.05) is 26.2 Å². The second kappa shape index (κ2) is 8.00. The molecule has 1 unspecified atom stereocenters. The Morgan fingerprint density at radius 2 is 2.19 bits per heavy atom. The van der Waals surface area contributed by atoms with E-state index in [2.05, 4.69) is 4.90 Å². The van der Waals surface area contributed by atoms with E-state index in [-0.39, 0.29) is 12.7 Å². The number of carbonyl (C=O) groups is 1. The number of β-amino-alcohol motifs (C(OH)–C–C–N with tert-alkyl or cyclic N) is 1. The van der Waals surface area contributed by atoms with E-state index >= 15 is 0 Å². The quantitative estimate of drug-likeness (QED) is 0.867. The van der Waals surface area contributed by atoms with Crippen molar-refractivity contribution in [1.29, 1.82) is 0 Å². The van der Waals surface area contributed by atoms with E-state index in [0.717, 1.165) is 24.9 Å². The van der Waals surface area contributed by atoms with Crippen LogP contribution in [0.25, 0.3) is 0 Å². The minimum absolute atomic E-state index is 0.165. The van der Waals surface area contributed by atoms with Crippen molar-refractivity contribution in [3.05, 3.63) is 35.9 Å². The van der Waals surface area contributed by atoms with Crippen LogP contribution in [0.1, 0.15) is 18.4 Å². The number of ether oxygens (including phenoxy) is 1. The van der Waals surface area contributed by atoms with Gasteiger partial charge in [-0.3, -0.25) is 4.90 Å². The highest BCUT2D eigenvalue weighted by Gasteiger charge is 2.26. The molecule has 2 rings (SSSR count). The highest BCUT2D eigenvalue weighted by molar-refractivity contribution is 5.67. The van der Waals surface area contributed by atoms with Gasteiger partial charge in [0.25, 0.3) is 0 Å². The zero-order valence-corrected chi connectivity index (χ0v) is 12.6. The molecule has 5 nitrogen and oxygen atoms in total. The summed E-state index contributed by atoms with van der Waals surface area (Å²) in [5, 5.41) is 9.05. The van der Waals surface area contributed by atoms with Gasteiger partial charge in [-0.2, -0.15) is 0 Å². The van der Waals surface area contributed by atoms with Crippen molar-refractivity contribution in [1.82, 2.24) is 9.80 Å². The van der Waals surface area contributed by atoms with Gasteiger partial charge in [0.1, 0.15) is 6.61 Å². The molecule has 1 heterocycles. The molecule has 1 fully saturated rings. The second-order valence-corrected chi connectivity index (χ2v) is 5.48. The van der Waals surface area contributed by atoms with Gasteiger partial charge in [0.15, 0.2) is 0 Å². The summed E-state index contributed by atoms with van der Waals surface area (Å²) in [5.74, 6) is 0. The summed E-state index contributed by atoms with van der Waals surface area (Å²) in [6.45, 7) is 2.79. The lowest BCUT2D eigenvalue weighted by Gasteiger charge is -2.27. The predicted octanol–water partition coefficient (Wildman–Crippen LogP) is 1.71. The molecule has 1 N–H and O–H groups in total. The van der Waals surface area contributed by atoms with Crippen LogP contribution in [-0.4, -0.2) is 60.3 Å². The summed E-state index contributed by atoms with van der Waals surface area (Å²) in [4.78, 5) is 15.9. The first-order chi connectivity index (χ1) is 10.2. The fourth-order valence-electron chi connectivity index (χ4n) is 2.74. The molecule has 5 heteroatoms. The second-order valence-electron chi connectivity index (χ2n) is 5.48. The lowest BCUT2D eigenvalue weighted by Crippen LogP contribution is -2.42. The topological polar surface area (TPSA) is 53.0 Å². The SMILES string of the molecule is CN(CC1CCCN1CCO)C(=O)OCc1ccccc1. The summed E-state index contributed by atoms with van der Waals surface area (Å²) in [7, 11) is 1.77. The van der Waals surface area contributed by atoms with E-state index in [9.17, 15) is 4.79 Å². The van der Waals surface area contributed by atoms with Crippen LogP contribution in [0.3, 0.4) is 0 Å². The molecule has 1 aromatic rings. The van der Waals surface area contributed by atoms with Crippen LogP contribution in [0.5, 0.6) is 0 Å². The monoisotopic (exact) mass is 292 g/mol. The lowest BCUT2D eigenvalue weighted by molar-refractivity contribution is 0.0919. The standard InChI is InChI=1S/C16H24N2O3/c1-17(12-15-8-5-9-18(15)10-11-19)16(20)21-13-14-6-3-2-4-7-14/h2-4,6-7,15,19H,5,8-13H2,1H3. The molecule has 0 bridgehead atoms.